The summed E-state index contributed by atoms with van der Waals surface area (Å²) < 4.78 is 29.4. The van der Waals surface area contributed by atoms with Crippen LogP contribution in [0, 0.1) is 28.3 Å². The lowest BCUT2D eigenvalue weighted by Crippen LogP contribution is -2.59. The number of cyclic esters (lactones) is 1. The molecule has 3 aliphatic heterocycles. The normalized spacial score (nSPS) is 35.0. The van der Waals surface area contributed by atoms with Crippen molar-refractivity contribution in [3.8, 4) is 17.0 Å². The zero-order valence-electron chi connectivity index (χ0n) is 39.2. The van der Waals surface area contributed by atoms with Crippen LogP contribution >= 0.6 is 12.2 Å². The van der Waals surface area contributed by atoms with E-state index in [-0.39, 0.29) is 43.1 Å². The molecule has 5 heterocycles. The third-order valence-electron chi connectivity index (χ3n) is 14.2. The van der Waals surface area contributed by atoms with Crippen LogP contribution in [0.25, 0.3) is 11.3 Å². The monoisotopic (exact) mass is 925 g/mol. The first-order valence-corrected chi connectivity index (χ1v) is 23.7. The van der Waals surface area contributed by atoms with Crippen molar-refractivity contribution in [2.75, 3.05) is 13.7 Å². The number of fused-ring (bicyclic) bond motifs is 2. The number of ether oxygens (including phenoxy) is 4. The number of aliphatic hydroxyl groups excluding tert-OH is 3. The van der Waals surface area contributed by atoms with E-state index in [1.807, 2.05) is 59.9 Å². The van der Waals surface area contributed by atoms with Crippen LogP contribution in [0.1, 0.15) is 99.0 Å². The SMILES string of the molecule is CC[C@H]1OC(=O)[C@H](C)[C@@H](O)[C@H](C)[C@@H](O[C@@H]2O[C@H](C)C[C@H](N(C)Cc3ccc(-c4cn(CCCCCCn5cccc(O)c5=S)nn4)cc3)[C@H]2O)[C@@]2(C)C[C@@H](CO2)C(=O)[C@H](C)[C@@H](O)[C@]1(C)O. The molecule has 14 atom stereocenters. The molecule has 360 valence electrons. The van der Waals surface area contributed by atoms with Gasteiger partial charge in [0, 0.05) is 55.2 Å². The van der Waals surface area contributed by atoms with E-state index in [1.165, 1.54) is 13.8 Å². The highest BCUT2D eigenvalue weighted by atomic mass is 32.1. The smallest absolute Gasteiger partial charge is 0.311 e. The number of hydrogen-bond acceptors (Lipinski definition) is 15. The standard InChI is InChI=1S/C48H71N5O11S/c1-9-38-48(7,60)42(58)29(3)40(56)34-24-47(6,61-27-34)43(30(4)39(55)31(5)45(59)63-38)64-46-41(57)36(23-28(2)62-46)51(8)25-32-16-18-33(19-17-32)35-26-53(50-49-35)22-13-11-10-12-20-52-21-14-15-37(54)44(52)65/h14-19,21,26,28-31,34,36,38-39,41-43,46,54-55,57-58,60H,9-13,20,22-25,27H2,1-8H3/t28-,29+,30+,31-,34+,36+,38-,39+,41-,42-,43-,46+,47-,48-/m1/s1. The predicted molar refractivity (Wildman–Crippen MR) is 244 cm³/mol. The van der Waals surface area contributed by atoms with Gasteiger partial charge >= 0.3 is 5.97 Å². The molecule has 3 aliphatic rings. The molecule has 65 heavy (non-hydrogen) atoms. The lowest BCUT2D eigenvalue weighted by Gasteiger charge is -2.47. The molecule has 2 bridgehead atoms. The van der Waals surface area contributed by atoms with E-state index >= 15 is 0 Å². The van der Waals surface area contributed by atoms with Gasteiger partial charge in [-0.2, -0.15) is 0 Å². The van der Waals surface area contributed by atoms with Gasteiger partial charge in [-0.15, -0.1) is 5.10 Å². The van der Waals surface area contributed by atoms with Gasteiger partial charge < -0.3 is 49.0 Å². The summed E-state index contributed by atoms with van der Waals surface area (Å²) >= 11 is 5.29. The number of pyridine rings is 1. The summed E-state index contributed by atoms with van der Waals surface area (Å²) in [5, 5.41) is 65.1. The molecule has 1 aromatic carbocycles. The second kappa shape index (κ2) is 21.5. The van der Waals surface area contributed by atoms with Gasteiger partial charge in [0.05, 0.1) is 48.7 Å². The van der Waals surface area contributed by atoms with E-state index < -0.39 is 77.7 Å². The van der Waals surface area contributed by atoms with E-state index in [0.29, 0.717) is 17.6 Å². The average Bonchev–Trinajstić information content (AvgIpc) is 3.93. The molecule has 0 amide bonds. The van der Waals surface area contributed by atoms with Gasteiger partial charge in [-0.1, -0.05) is 75.3 Å². The van der Waals surface area contributed by atoms with Gasteiger partial charge in [0.2, 0.25) is 0 Å². The number of rotatable bonds is 14. The molecular formula is C48H71N5O11S. The van der Waals surface area contributed by atoms with Crippen molar-refractivity contribution >= 4 is 24.0 Å². The molecule has 0 radical (unpaired) electrons. The van der Waals surface area contributed by atoms with Gasteiger partial charge in [-0.25, -0.2) is 0 Å². The minimum absolute atomic E-state index is 0.0212. The Morgan fingerprint density at radius 3 is 2.35 bits per heavy atom. The molecule has 3 fully saturated rings. The second-order valence-electron chi connectivity index (χ2n) is 19.3. The Kier molecular flexibility index (Phi) is 16.8. The van der Waals surface area contributed by atoms with Gasteiger partial charge in [0.25, 0.3) is 0 Å². The second-order valence-corrected chi connectivity index (χ2v) is 19.7. The van der Waals surface area contributed by atoms with Crippen LogP contribution in [0.3, 0.4) is 0 Å². The summed E-state index contributed by atoms with van der Waals surface area (Å²) in [6.45, 7) is 13.7. The first-order chi connectivity index (χ1) is 30.7. The molecule has 2 aromatic heterocycles. The quantitative estimate of drug-likeness (QED) is 0.0799. The van der Waals surface area contributed by atoms with E-state index in [4.69, 9.17) is 31.2 Å². The minimum atomic E-state index is -1.94. The van der Waals surface area contributed by atoms with Crippen LogP contribution in [0.4, 0.5) is 0 Å². The lowest BCUT2D eigenvalue weighted by molar-refractivity contribution is -0.299. The predicted octanol–water partition coefficient (Wildman–Crippen LogP) is 5.20. The Balaban J connectivity index is 1.09. The maximum absolute atomic E-state index is 13.9. The largest absolute Gasteiger partial charge is 0.505 e. The third-order valence-corrected chi connectivity index (χ3v) is 14.6. The number of esters is 1. The van der Waals surface area contributed by atoms with E-state index in [0.717, 1.165) is 55.6 Å². The average molecular weight is 926 g/mol. The Morgan fingerprint density at radius 2 is 1.66 bits per heavy atom. The number of aliphatic hydroxyl groups is 4. The number of Topliss-reactive ketones (excluding diaryl/α,β-unsaturated/α-hetero) is 1. The fourth-order valence-corrected chi connectivity index (χ4v) is 10.2. The lowest BCUT2D eigenvalue weighted by atomic mass is 9.75. The summed E-state index contributed by atoms with van der Waals surface area (Å²) in [5.74, 6) is -4.46. The number of aromatic nitrogens is 4. The van der Waals surface area contributed by atoms with Crippen molar-refractivity contribution in [1.82, 2.24) is 24.5 Å². The molecular weight excluding hydrogens is 855 g/mol. The highest BCUT2D eigenvalue weighted by Gasteiger charge is 2.55. The number of hydrogen-bond donors (Lipinski definition) is 5. The highest BCUT2D eigenvalue weighted by Crippen LogP contribution is 2.43. The molecule has 17 heteroatoms. The molecule has 0 aliphatic carbocycles. The summed E-state index contributed by atoms with van der Waals surface area (Å²) in [4.78, 5) is 29.5. The Bertz CT molecular complexity index is 2110. The van der Waals surface area contributed by atoms with Crippen molar-refractivity contribution in [3.63, 3.8) is 0 Å². The van der Waals surface area contributed by atoms with Gasteiger partial charge in [-0.05, 0) is 84.5 Å². The van der Waals surface area contributed by atoms with E-state index in [9.17, 15) is 35.1 Å². The maximum Gasteiger partial charge on any atom is 0.311 e. The molecule has 0 unspecified atom stereocenters. The number of aromatic hydroxyl groups is 1. The van der Waals surface area contributed by atoms with Crippen LogP contribution in [0.2, 0.25) is 0 Å². The summed E-state index contributed by atoms with van der Waals surface area (Å²) in [6, 6.07) is 11.1. The molecule has 6 rings (SSSR count). The first kappa shape index (κ1) is 50.8. The molecule has 0 saturated carbocycles. The summed E-state index contributed by atoms with van der Waals surface area (Å²) in [7, 11) is 1.94. The molecule has 3 aromatic rings. The van der Waals surface area contributed by atoms with Gasteiger partial charge in [0.15, 0.2) is 6.29 Å². The third kappa shape index (κ3) is 11.6. The maximum atomic E-state index is 13.9. The van der Waals surface area contributed by atoms with E-state index in [1.54, 1.807) is 39.8 Å². The van der Waals surface area contributed by atoms with Crippen molar-refractivity contribution in [2.45, 2.75) is 173 Å². The number of likely N-dealkylation sites (N-methyl/N-ethyl adjacent to an activating group) is 1. The van der Waals surface area contributed by atoms with Crippen molar-refractivity contribution in [3.05, 3.63) is 59.0 Å². The van der Waals surface area contributed by atoms with Crippen LogP contribution in [0.15, 0.2) is 48.8 Å². The number of carbonyl (C=O) groups is 2. The number of nitrogens with zero attached hydrogens (tertiary/aromatic N) is 5. The number of benzene rings is 1. The van der Waals surface area contributed by atoms with Crippen molar-refractivity contribution in [1.29, 1.82) is 0 Å². The number of carbonyl (C=O) groups excluding carboxylic acids is 2. The summed E-state index contributed by atoms with van der Waals surface area (Å²) in [5.41, 5.74) is -0.365. The number of ketones is 1. The van der Waals surface area contributed by atoms with Crippen LogP contribution in [-0.4, -0.2) is 136 Å². The topological polar surface area (TPSA) is 211 Å². The fourth-order valence-electron chi connectivity index (χ4n) is 10.0. The highest BCUT2D eigenvalue weighted by molar-refractivity contribution is 7.71. The Morgan fingerprint density at radius 1 is 0.969 bits per heavy atom. The zero-order chi connectivity index (χ0) is 47.4. The van der Waals surface area contributed by atoms with Crippen LogP contribution < -0.4 is 0 Å². The summed E-state index contributed by atoms with van der Waals surface area (Å²) in [6.07, 6.45) is 1.16. The number of unbranched alkanes of at least 4 members (excludes halogenated alkanes) is 3. The van der Waals surface area contributed by atoms with Crippen molar-refractivity contribution in [2.24, 2.45) is 23.7 Å². The number of aryl methyl sites for hydroxylation is 2. The molecule has 16 nitrogen and oxygen atoms in total. The Hall–Kier alpha value is -3.65. The molecule has 0 spiro atoms. The molecule has 5 N–H and O–H groups in total. The Labute approximate surface area is 387 Å². The first-order valence-electron chi connectivity index (χ1n) is 23.3. The van der Waals surface area contributed by atoms with E-state index in [2.05, 4.69) is 15.2 Å². The van der Waals surface area contributed by atoms with Crippen LogP contribution in [0.5, 0.6) is 5.75 Å². The van der Waals surface area contributed by atoms with Gasteiger partial charge in [-0.3, -0.25) is 19.2 Å². The van der Waals surface area contributed by atoms with Gasteiger partial charge in [0.1, 0.15) is 39.7 Å². The zero-order valence-corrected chi connectivity index (χ0v) is 40.0. The van der Waals surface area contributed by atoms with Crippen molar-refractivity contribution < 1.29 is 54.1 Å². The minimum Gasteiger partial charge on any atom is -0.505 e. The fraction of sp³-hybridized carbons (Fsp3) is 0.688. The van der Waals surface area contributed by atoms with Crippen LogP contribution in [-0.2, 0) is 48.2 Å². The molecule has 3 saturated heterocycles.